The Morgan fingerprint density at radius 3 is 2.63 bits per heavy atom. The smallest absolute Gasteiger partial charge is 0.258 e. The Bertz CT molecular complexity index is 437. The summed E-state index contributed by atoms with van der Waals surface area (Å²) >= 11 is 0. The zero-order chi connectivity index (χ0) is 14.4. The summed E-state index contributed by atoms with van der Waals surface area (Å²) in [5, 5.41) is 3.20. The number of carbonyl (C=O) groups excluding carboxylic acids is 1. The molecule has 5 heteroatoms. The molecule has 1 aromatic rings. The molecule has 0 aliphatic heterocycles. The summed E-state index contributed by atoms with van der Waals surface area (Å²) in [7, 11) is 0. The Balaban J connectivity index is 2.85. The van der Waals surface area contributed by atoms with E-state index in [0.29, 0.717) is 6.42 Å². The SMILES string of the molecule is CCNC(C)c1ccc(OC(CC)C(N)=O)c(F)c1. The third-order valence-electron chi connectivity index (χ3n) is 2.92. The fraction of sp³-hybridized carbons (Fsp3) is 0.500. The van der Waals surface area contributed by atoms with Crippen molar-refractivity contribution in [1.29, 1.82) is 0 Å². The van der Waals surface area contributed by atoms with Crippen molar-refractivity contribution in [1.82, 2.24) is 5.32 Å². The summed E-state index contributed by atoms with van der Waals surface area (Å²) in [6.07, 6.45) is -0.392. The van der Waals surface area contributed by atoms with Crippen LogP contribution in [0.15, 0.2) is 18.2 Å². The molecule has 0 spiro atoms. The van der Waals surface area contributed by atoms with Gasteiger partial charge in [-0.05, 0) is 37.6 Å². The Labute approximate surface area is 113 Å². The van der Waals surface area contributed by atoms with Crippen molar-refractivity contribution >= 4 is 5.91 Å². The molecule has 0 fully saturated rings. The van der Waals surface area contributed by atoms with Crippen molar-refractivity contribution in [3.63, 3.8) is 0 Å². The molecule has 19 heavy (non-hydrogen) atoms. The van der Waals surface area contributed by atoms with Crippen LogP contribution in [0, 0.1) is 5.82 Å². The van der Waals surface area contributed by atoms with Crippen molar-refractivity contribution in [2.24, 2.45) is 5.73 Å². The summed E-state index contributed by atoms with van der Waals surface area (Å²) in [5.74, 6) is -1.02. The molecule has 0 radical (unpaired) electrons. The van der Waals surface area contributed by atoms with Crippen LogP contribution in [0.2, 0.25) is 0 Å². The van der Waals surface area contributed by atoms with E-state index in [-0.39, 0.29) is 11.8 Å². The van der Waals surface area contributed by atoms with Gasteiger partial charge >= 0.3 is 0 Å². The highest BCUT2D eigenvalue weighted by Crippen LogP contribution is 2.23. The summed E-state index contributed by atoms with van der Waals surface area (Å²) in [4.78, 5) is 11.1. The maximum atomic E-state index is 13.9. The predicted octanol–water partition coefficient (Wildman–Crippen LogP) is 2.14. The van der Waals surface area contributed by atoms with E-state index in [2.05, 4.69) is 5.32 Å². The first-order valence-electron chi connectivity index (χ1n) is 6.48. The third kappa shape index (κ3) is 4.21. The van der Waals surface area contributed by atoms with E-state index in [9.17, 15) is 9.18 Å². The molecule has 0 aliphatic rings. The molecular weight excluding hydrogens is 247 g/mol. The second-order valence-corrected chi connectivity index (χ2v) is 4.39. The summed E-state index contributed by atoms with van der Waals surface area (Å²) < 4.78 is 19.2. The first kappa shape index (κ1) is 15.4. The van der Waals surface area contributed by atoms with Crippen LogP contribution in [-0.2, 0) is 4.79 Å². The van der Waals surface area contributed by atoms with E-state index < -0.39 is 17.8 Å². The number of ether oxygens (including phenoxy) is 1. The number of nitrogens with two attached hydrogens (primary N) is 1. The largest absolute Gasteiger partial charge is 0.478 e. The number of rotatable bonds is 7. The molecule has 0 saturated heterocycles. The van der Waals surface area contributed by atoms with Gasteiger partial charge in [0.05, 0.1) is 0 Å². The number of amides is 1. The number of benzene rings is 1. The summed E-state index contributed by atoms with van der Waals surface area (Å²) in [6.45, 7) is 6.51. The van der Waals surface area contributed by atoms with Crippen LogP contribution in [0.5, 0.6) is 5.75 Å². The first-order valence-corrected chi connectivity index (χ1v) is 6.48. The maximum absolute atomic E-state index is 13.9. The lowest BCUT2D eigenvalue weighted by Gasteiger charge is -2.17. The van der Waals surface area contributed by atoms with E-state index >= 15 is 0 Å². The number of carbonyl (C=O) groups is 1. The van der Waals surface area contributed by atoms with Crippen molar-refractivity contribution in [2.75, 3.05) is 6.54 Å². The number of hydrogen-bond acceptors (Lipinski definition) is 3. The van der Waals surface area contributed by atoms with E-state index in [4.69, 9.17) is 10.5 Å². The molecule has 1 amide bonds. The standard InChI is InChI=1S/C14H21FN2O2/c1-4-12(14(16)18)19-13-7-6-10(8-11(13)15)9(3)17-5-2/h6-9,12,17H,4-5H2,1-3H3,(H2,16,18). The van der Waals surface area contributed by atoms with Gasteiger partial charge in [-0.25, -0.2) is 4.39 Å². The second-order valence-electron chi connectivity index (χ2n) is 4.39. The Hall–Kier alpha value is -1.62. The monoisotopic (exact) mass is 268 g/mol. The van der Waals surface area contributed by atoms with Crippen molar-refractivity contribution in [3.8, 4) is 5.75 Å². The van der Waals surface area contributed by atoms with Gasteiger partial charge in [-0.2, -0.15) is 0 Å². The molecule has 1 rings (SSSR count). The van der Waals surface area contributed by atoms with Gasteiger partial charge in [0, 0.05) is 6.04 Å². The zero-order valence-corrected chi connectivity index (χ0v) is 11.6. The topological polar surface area (TPSA) is 64.3 Å². The van der Waals surface area contributed by atoms with Gasteiger partial charge in [-0.15, -0.1) is 0 Å². The van der Waals surface area contributed by atoms with E-state index in [1.54, 1.807) is 13.0 Å². The van der Waals surface area contributed by atoms with Crippen LogP contribution in [-0.4, -0.2) is 18.6 Å². The van der Waals surface area contributed by atoms with Crippen LogP contribution >= 0.6 is 0 Å². The number of halogens is 1. The quantitative estimate of drug-likeness (QED) is 0.796. The lowest BCUT2D eigenvalue weighted by molar-refractivity contribution is -0.124. The average Bonchev–Trinajstić information content (AvgIpc) is 2.37. The molecule has 2 atom stereocenters. The van der Waals surface area contributed by atoms with Crippen molar-refractivity contribution < 1.29 is 13.9 Å². The fourth-order valence-electron chi connectivity index (χ4n) is 1.80. The molecule has 0 heterocycles. The maximum Gasteiger partial charge on any atom is 0.258 e. The molecule has 106 valence electrons. The summed E-state index contributed by atoms with van der Waals surface area (Å²) in [5.41, 5.74) is 6.00. The van der Waals surface area contributed by atoms with Gasteiger partial charge in [0.25, 0.3) is 5.91 Å². The Morgan fingerprint density at radius 2 is 2.16 bits per heavy atom. The molecule has 2 unspecified atom stereocenters. The van der Waals surface area contributed by atoms with Crippen LogP contribution in [0.3, 0.4) is 0 Å². The highest BCUT2D eigenvalue weighted by atomic mass is 19.1. The number of hydrogen-bond donors (Lipinski definition) is 2. The normalized spacial score (nSPS) is 13.9. The van der Waals surface area contributed by atoms with Crippen LogP contribution < -0.4 is 15.8 Å². The molecule has 4 nitrogen and oxygen atoms in total. The van der Waals surface area contributed by atoms with Crippen LogP contribution in [0.4, 0.5) is 4.39 Å². The van der Waals surface area contributed by atoms with Gasteiger partial charge in [-0.1, -0.05) is 19.9 Å². The van der Waals surface area contributed by atoms with Gasteiger partial charge < -0.3 is 15.8 Å². The van der Waals surface area contributed by atoms with Crippen molar-refractivity contribution in [3.05, 3.63) is 29.6 Å². The Morgan fingerprint density at radius 1 is 1.47 bits per heavy atom. The lowest BCUT2D eigenvalue weighted by Crippen LogP contribution is -2.33. The molecule has 0 bridgehead atoms. The number of primary amides is 1. The van der Waals surface area contributed by atoms with Gasteiger partial charge in [0.2, 0.25) is 0 Å². The predicted molar refractivity (Wildman–Crippen MR) is 72.4 cm³/mol. The highest BCUT2D eigenvalue weighted by molar-refractivity contribution is 5.79. The first-order chi connectivity index (χ1) is 8.99. The van der Waals surface area contributed by atoms with E-state index in [1.807, 2.05) is 13.8 Å². The van der Waals surface area contributed by atoms with Gasteiger partial charge in [-0.3, -0.25) is 4.79 Å². The fourth-order valence-corrected chi connectivity index (χ4v) is 1.80. The second kappa shape index (κ2) is 7.09. The number of nitrogens with one attached hydrogen (secondary N) is 1. The zero-order valence-electron chi connectivity index (χ0n) is 11.6. The molecule has 1 aromatic carbocycles. The van der Waals surface area contributed by atoms with E-state index in [1.165, 1.54) is 12.1 Å². The average molecular weight is 268 g/mol. The molecule has 0 aromatic heterocycles. The van der Waals surface area contributed by atoms with Gasteiger partial charge in [0.1, 0.15) is 0 Å². The third-order valence-corrected chi connectivity index (χ3v) is 2.92. The van der Waals surface area contributed by atoms with Crippen LogP contribution in [0.25, 0.3) is 0 Å². The minimum atomic E-state index is -0.799. The van der Waals surface area contributed by atoms with Crippen LogP contribution in [0.1, 0.15) is 38.8 Å². The summed E-state index contributed by atoms with van der Waals surface area (Å²) in [6, 6.07) is 4.78. The molecule has 0 aliphatic carbocycles. The Kier molecular flexibility index (Phi) is 5.76. The lowest BCUT2D eigenvalue weighted by atomic mass is 10.1. The molecule has 3 N–H and O–H groups in total. The minimum Gasteiger partial charge on any atom is -0.478 e. The van der Waals surface area contributed by atoms with Gasteiger partial charge in [0.15, 0.2) is 17.7 Å². The highest BCUT2D eigenvalue weighted by Gasteiger charge is 2.17. The van der Waals surface area contributed by atoms with E-state index in [0.717, 1.165) is 12.1 Å². The molecule has 0 saturated carbocycles. The molecular formula is C14H21FN2O2. The minimum absolute atomic E-state index is 0.0538. The van der Waals surface area contributed by atoms with Crippen molar-refractivity contribution in [2.45, 2.75) is 39.3 Å².